The number of nitrogens with two attached hydrogens (primary N) is 2. The summed E-state index contributed by atoms with van der Waals surface area (Å²) < 4.78 is 62.5. The Hall–Kier alpha value is -4.90. The highest BCUT2D eigenvalue weighted by Gasteiger charge is 2.32. The van der Waals surface area contributed by atoms with E-state index in [9.17, 15) is 31.2 Å². The minimum atomic E-state index is -4.44. The summed E-state index contributed by atoms with van der Waals surface area (Å²) in [5, 5.41) is 6.20. The first-order chi connectivity index (χ1) is 22.3. The summed E-state index contributed by atoms with van der Waals surface area (Å²) in [4.78, 5) is 36.3. The van der Waals surface area contributed by atoms with E-state index in [2.05, 4.69) is 10.6 Å². The van der Waals surface area contributed by atoms with Gasteiger partial charge in [-0.3, -0.25) is 23.0 Å². The lowest BCUT2D eigenvalue weighted by atomic mass is 10.1. The van der Waals surface area contributed by atoms with Gasteiger partial charge in [0.15, 0.2) is 0 Å². The van der Waals surface area contributed by atoms with Crippen LogP contribution in [0.5, 0.6) is 5.75 Å². The summed E-state index contributed by atoms with van der Waals surface area (Å²) in [6, 6.07) is 19.7. The molecule has 4 aromatic carbocycles. The van der Waals surface area contributed by atoms with E-state index in [-0.39, 0.29) is 56.3 Å². The first-order valence-corrected chi connectivity index (χ1v) is 17.1. The number of methoxy groups -OCH3 is 1. The van der Waals surface area contributed by atoms with Gasteiger partial charge in [-0.15, -0.1) is 12.4 Å². The van der Waals surface area contributed by atoms with Gasteiger partial charge in [-0.1, -0.05) is 24.3 Å². The molecule has 1 saturated heterocycles. The molecule has 0 saturated carbocycles. The highest BCUT2D eigenvalue weighted by atomic mass is 35.5. The molecule has 5 rings (SSSR count). The molecule has 1 fully saturated rings. The lowest BCUT2D eigenvalue weighted by Gasteiger charge is -2.28. The van der Waals surface area contributed by atoms with Crippen LogP contribution in [0.3, 0.4) is 0 Å². The van der Waals surface area contributed by atoms with Crippen molar-refractivity contribution in [1.82, 2.24) is 5.32 Å². The number of primary amides is 2. The molecule has 4 aromatic rings. The molecule has 1 aliphatic rings. The quantitative estimate of drug-likeness (QED) is 0.159. The van der Waals surface area contributed by atoms with Crippen LogP contribution < -0.4 is 35.4 Å². The number of carbonyl (C=O) groups is 3. The third kappa shape index (κ3) is 7.31. The zero-order chi connectivity index (χ0) is 33.9. The minimum Gasteiger partial charge on any atom is -0.497 e. The average Bonchev–Trinajstić information content (AvgIpc) is 3.01. The standard InChI is InChI=1S/C31H32N6O8S2.ClH/c1-45-21-8-12-23(13-9-21)47(43,44)37(19-30(33)39)28-15-14-27(24-4-2-3-5-25(24)28)36(18-29(32)38)46(41,42)22-10-6-20(7-11-22)35-31(40)26-16-17-34-26;/h2-15,26,34H,16-19H2,1H3,(H2,32,38)(H2,33,39)(H,35,40);1H/t26-;/m1./s1. The van der Waals surface area contributed by atoms with Crippen molar-refractivity contribution in [2.24, 2.45) is 11.5 Å². The topological polar surface area (TPSA) is 211 Å². The number of benzene rings is 4. The van der Waals surface area contributed by atoms with Crippen molar-refractivity contribution in [2.45, 2.75) is 22.3 Å². The lowest BCUT2D eigenvalue weighted by molar-refractivity contribution is -0.119. The molecule has 0 aliphatic carbocycles. The zero-order valence-electron chi connectivity index (χ0n) is 25.5. The Balaban J connectivity index is 0.00000520. The third-order valence-electron chi connectivity index (χ3n) is 7.51. The number of sulfonamides is 2. The summed E-state index contributed by atoms with van der Waals surface area (Å²) >= 11 is 0. The predicted octanol–water partition coefficient (Wildman–Crippen LogP) is 1.93. The molecule has 0 radical (unpaired) electrons. The van der Waals surface area contributed by atoms with Crippen LogP contribution in [0.2, 0.25) is 0 Å². The maximum atomic E-state index is 14.0. The van der Waals surface area contributed by atoms with E-state index in [1.165, 1.54) is 67.8 Å². The van der Waals surface area contributed by atoms with Crippen LogP contribution in [0.1, 0.15) is 6.42 Å². The van der Waals surface area contributed by atoms with Crippen LogP contribution in [0.15, 0.2) is 94.7 Å². The minimum absolute atomic E-state index is 0. The number of ether oxygens (including phenoxy) is 1. The van der Waals surface area contributed by atoms with Gasteiger partial charge in [-0.05, 0) is 73.6 Å². The van der Waals surface area contributed by atoms with E-state index in [0.717, 1.165) is 15.2 Å². The van der Waals surface area contributed by atoms with Crippen molar-refractivity contribution in [3.8, 4) is 5.75 Å². The fraction of sp³-hybridized carbons (Fsp3) is 0.194. The van der Waals surface area contributed by atoms with Gasteiger partial charge in [0.2, 0.25) is 17.7 Å². The number of halogens is 1. The summed E-state index contributed by atoms with van der Waals surface area (Å²) in [6.07, 6.45) is 0.695. The number of nitrogens with one attached hydrogen (secondary N) is 2. The number of rotatable bonds is 13. The normalized spacial score (nSPS) is 14.2. The summed E-state index contributed by atoms with van der Waals surface area (Å²) in [5.74, 6) is -1.71. The second-order valence-electron chi connectivity index (χ2n) is 10.6. The van der Waals surface area contributed by atoms with Crippen molar-refractivity contribution in [1.29, 1.82) is 0 Å². The highest BCUT2D eigenvalue weighted by Crippen LogP contribution is 2.38. The number of hydrogen-bond acceptors (Lipinski definition) is 9. The summed E-state index contributed by atoms with van der Waals surface area (Å²) in [6.45, 7) is -0.727. The second-order valence-corrected chi connectivity index (χ2v) is 14.3. The first kappa shape index (κ1) is 35.9. The lowest BCUT2D eigenvalue weighted by Crippen LogP contribution is -2.50. The summed E-state index contributed by atoms with van der Waals surface area (Å²) in [7, 11) is -7.37. The highest BCUT2D eigenvalue weighted by molar-refractivity contribution is 7.93. The van der Waals surface area contributed by atoms with Gasteiger partial charge in [0.05, 0.1) is 34.3 Å². The Kier molecular flexibility index (Phi) is 10.8. The van der Waals surface area contributed by atoms with Crippen molar-refractivity contribution in [3.05, 3.63) is 84.9 Å². The number of amides is 3. The van der Waals surface area contributed by atoms with Crippen LogP contribution in [0.4, 0.5) is 17.1 Å². The molecule has 0 spiro atoms. The van der Waals surface area contributed by atoms with Gasteiger partial charge in [0.1, 0.15) is 18.8 Å². The van der Waals surface area contributed by atoms with Gasteiger partial charge in [-0.2, -0.15) is 0 Å². The van der Waals surface area contributed by atoms with Crippen LogP contribution in [0, 0.1) is 0 Å². The first-order valence-electron chi connectivity index (χ1n) is 14.2. The number of nitrogens with zero attached hydrogens (tertiary/aromatic N) is 2. The second kappa shape index (κ2) is 14.5. The molecule has 1 heterocycles. The SMILES string of the molecule is COc1ccc(S(=O)(=O)N(CC(N)=O)c2ccc(N(CC(N)=O)S(=O)(=O)c3ccc(NC(=O)[C@H]4CCN4)cc3)c3ccccc23)cc1.Cl. The van der Waals surface area contributed by atoms with E-state index in [0.29, 0.717) is 17.9 Å². The van der Waals surface area contributed by atoms with E-state index < -0.39 is 45.0 Å². The maximum absolute atomic E-state index is 14.0. The maximum Gasteiger partial charge on any atom is 0.264 e. The molecule has 17 heteroatoms. The van der Waals surface area contributed by atoms with Crippen molar-refractivity contribution in [2.75, 3.05) is 40.7 Å². The van der Waals surface area contributed by atoms with Gasteiger partial charge in [-0.25, -0.2) is 16.8 Å². The van der Waals surface area contributed by atoms with Crippen LogP contribution >= 0.6 is 12.4 Å². The molecule has 1 aliphatic heterocycles. The molecule has 1 atom stereocenters. The molecule has 14 nitrogen and oxygen atoms in total. The fourth-order valence-electron chi connectivity index (χ4n) is 5.04. The van der Waals surface area contributed by atoms with Crippen LogP contribution in [0.25, 0.3) is 10.8 Å². The monoisotopic (exact) mass is 716 g/mol. The molecule has 48 heavy (non-hydrogen) atoms. The molecule has 6 N–H and O–H groups in total. The molecule has 0 aromatic heterocycles. The molecule has 3 amide bonds. The van der Waals surface area contributed by atoms with Crippen molar-refractivity contribution < 1.29 is 36.0 Å². The van der Waals surface area contributed by atoms with E-state index in [1.54, 1.807) is 24.3 Å². The van der Waals surface area contributed by atoms with E-state index in [4.69, 9.17) is 16.2 Å². The van der Waals surface area contributed by atoms with Crippen molar-refractivity contribution in [3.63, 3.8) is 0 Å². The molecular weight excluding hydrogens is 684 g/mol. The number of carbonyl (C=O) groups excluding carboxylic acids is 3. The van der Waals surface area contributed by atoms with Gasteiger partial charge in [0, 0.05) is 16.5 Å². The largest absolute Gasteiger partial charge is 0.497 e. The van der Waals surface area contributed by atoms with Crippen LogP contribution in [-0.4, -0.2) is 67.3 Å². The Labute approximate surface area is 283 Å². The smallest absolute Gasteiger partial charge is 0.264 e. The zero-order valence-corrected chi connectivity index (χ0v) is 28.0. The van der Waals surface area contributed by atoms with Crippen LogP contribution in [-0.2, 0) is 34.4 Å². The average molecular weight is 717 g/mol. The number of hydrogen-bond donors (Lipinski definition) is 4. The fourth-order valence-corrected chi connectivity index (χ4v) is 7.94. The summed E-state index contributed by atoms with van der Waals surface area (Å²) in [5.41, 5.74) is 11.4. The molecule has 0 bridgehead atoms. The Bertz CT molecular complexity index is 2060. The van der Waals surface area contributed by atoms with Gasteiger partial charge in [0.25, 0.3) is 20.0 Å². The van der Waals surface area contributed by atoms with Gasteiger partial charge < -0.3 is 26.8 Å². The van der Waals surface area contributed by atoms with Crippen molar-refractivity contribution >= 4 is 78.0 Å². The Morgan fingerprint density at radius 1 is 0.771 bits per heavy atom. The number of anilines is 3. The predicted molar refractivity (Wildman–Crippen MR) is 183 cm³/mol. The Morgan fingerprint density at radius 3 is 1.58 bits per heavy atom. The van der Waals surface area contributed by atoms with E-state index >= 15 is 0 Å². The molecular formula is C31H33ClN6O8S2. The molecule has 0 unspecified atom stereocenters. The molecule has 254 valence electrons. The third-order valence-corrected chi connectivity index (χ3v) is 11.1. The Morgan fingerprint density at radius 2 is 1.21 bits per heavy atom. The van der Waals surface area contributed by atoms with E-state index in [1.807, 2.05) is 0 Å². The van der Waals surface area contributed by atoms with Gasteiger partial charge >= 0.3 is 0 Å². The number of fused-ring (bicyclic) bond motifs is 1.